The second-order valence-corrected chi connectivity index (χ2v) is 6.13. The van der Waals surface area contributed by atoms with Crippen LogP contribution in [0.3, 0.4) is 0 Å². The first-order chi connectivity index (χ1) is 9.40. The second kappa shape index (κ2) is 5.99. The van der Waals surface area contributed by atoms with Crippen molar-refractivity contribution in [1.29, 1.82) is 0 Å². The van der Waals surface area contributed by atoms with E-state index in [-0.39, 0.29) is 6.04 Å². The number of hydrogen-bond donors (Lipinski definition) is 2. The fourth-order valence-corrected chi connectivity index (χ4v) is 2.94. The van der Waals surface area contributed by atoms with Crippen molar-refractivity contribution in [3.63, 3.8) is 0 Å². The highest BCUT2D eigenvalue weighted by atomic mass is 32.1. The molecule has 0 aliphatic heterocycles. The Balaban J connectivity index is 2.03. The van der Waals surface area contributed by atoms with Gasteiger partial charge in [-0.05, 0) is 50.1 Å². The van der Waals surface area contributed by atoms with Gasteiger partial charge in [0.1, 0.15) is 11.4 Å². The minimum atomic E-state index is -0.867. The predicted molar refractivity (Wildman–Crippen MR) is 81.8 cm³/mol. The van der Waals surface area contributed by atoms with E-state index < -0.39 is 5.60 Å². The van der Waals surface area contributed by atoms with Crippen molar-refractivity contribution in [1.82, 2.24) is 15.3 Å². The molecule has 0 aromatic carbocycles. The molecule has 0 radical (unpaired) electrons. The summed E-state index contributed by atoms with van der Waals surface area (Å²) < 4.78 is 0. The van der Waals surface area contributed by atoms with Crippen LogP contribution in [0.25, 0.3) is 0 Å². The predicted octanol–water partition coefficient (Wildman–Crippen LogP) is 2.71. The van der Waals surface area contributed by atoms with E-state index in [1.165, 1.54) is 0 Å². The van der Waals surface area contributed by atoms with Gasteiger partial charge in [0, 0.05) is 30.0 Å². The Bertz CT molecular complexity index is 567. The van der Waals surface area contributed by atoms with E-state index >= 15 is 0 Å². The molecular weight excluding hydrogens is 270 g/mol. The summed E-state index contributed by atoms with van der Waals surface area (Å²) in [6, 6.07) is 2.05. The van der Waals surface area contributed by atoms with Gasteiger partial charge in [-0.15, -0.1) is 0 Å². The molecule has 0 spiro atoms. The average Bonchev–Trinajstić information content (AvgIpc) is 2.90. The Hall–Kier alpha value is -1.30. The van der Waals surface area contributed by atoms with Crippen molar-refractivity contribution >= 4 is 11.3 Å². The van der Waals surface area contributed by atoms with Crippen molar-refractivity contribution in [2.24, 2.45) is 0 Å². The van der Waals surface area contributed by atoms with Crippen molar-refractivity contribution in [2.45, 2.75) is 39.3 Å². The van der Waals surface area contributed by atoms with E-state index in [2.05, 4.69) is 22.2 Å². The molecule has 108 valence electrons. The Morgan fingerprint density at radius 1 is 1.45 bits per heavy atom. The first kappa shape index (κ1) is 15.1. The number of aryl methyl sites for hydroxylation is 2. The van der Waals surface area contributed by atoms with Crippen LogP contribution in [0.2, 0.25) is 0 Å². The molecule has 2 atom stereocenters. The smallest absolute Gasteiger partial charge is 0.125 e. The SMILES string of the molecule is Cc1ncc(C(C)NCC(C)(O)c2ccsc2)c(C)n1. The van der Waals surface area contributed by atoms with E-state index in [4.69, 9.17) is 0 Å². The fraction of sp³-hybridized carbons (Fsp3) is 0.467. The summed E-state index contributed by atoms with van der Waals surface area (Å²) >= 11 is 1.59. The van der Waals surface area contributed by atoms with Crippen LogP contribution in [0.4, 0.5) is 0 Å². The number of thiophene rings is 1. The number of aromatic nitrogens is 2. The van der Waals surface area contributed by atoms with Crippen molar-refractivity contribution in [3.8, 4) is 0 Å². The van der Waals surface area contributed by atoms with Gasteiger partial charge >= 0.3 is 0 Å². The molecule has 0 fully saturated rings. The first-order valence-electron chi connectivity index (χ1n) is 6.69. The van der Waals surface area contributed by atoms with Gasteiger partial charge in [-0.3, -0.25) is 0 Å². The standard InChI is InChI=1S/C15H21N3OS/c1-10(14-7-16-12(3)18-11(14)2)17-9-15(4,19)13-5-6-20-8-13/h5-8,10,17,19H,9H2,1-4H3. The largest absolute Gasteiger partial charge is 0.384 e. The van der Waals surface area contributed by atoms with E-state index in [0.717, 1.165) is 22.6 Å². The van der Waals surface area contributed by atoms with Gasteiger partial charge in [-0.2, -0.15) is 11.3 Å². The molecule has 5 heteroatoms. The highest BCUT2D eigenvalue weighted by Crippen LogP contribution is 2.23. The monoisotopic (exact) mass is 291 g/mol. The number of nitrogens with zero attached hydrogens (tertiary/aromatic N) is 2. The molecule has 0 aliphatic rings. The van der Waals surface area contributed by atoms with Gasteiger partial charge < -0.3 is 10.4 Å². The molecule has 2 aromatic heterocycles. The summed E-state index contributed by atoms with van der Waals surface area (Å²) in [7, 11) is 0. The van der Waals surface area contributed by atoms with Crippen LogP contribution >= 0.6 is 11.3 Å². The summed E-state index contributed by atoms with van der Waals surface area (Å²) in [5, 5.41) is 17.8. The lowest BCUT2D eigenvalue weighted by Crippen LogP contribution is -2.36. The van der Waals surface area contributed by atoms with Crippen LogP contribution in [-0.2, 0) is 5.60 Å². The molecule has 0 bridgehead atoms. The number of nitrogens with one attached hydrogen (secondary N) is 1. The lowest BCUT2D eigenvalue weighted by Gasteiger charge is -2.26. The second-order valence-electron chi connectivity index (χ2n) is 5.35. The Kier molecular flexibility index (Phi) is 4.52. The van der Waals surface area contributed by atoms with Gasteiger partial charge in [0.25, 0.3) is 0 Å². The van der Waals surface area contributed by atoms with E-state index in [1.807, 2.05) is 43.8 Å². The molecule has 4 nitrogen and oxygen atoms in total. The number of rotatable bonds is 5. The minimum Gasteiger partial charge on any atom is -0.384 e. The molecule has 2 rings (SSSR count). The normalized spacial score (nSPS) is 15.8. The minimum absolute atomic E-state index is 0.0979. The van der Waals surface area contributed by atoms with Crippen LogP contribution in [0, 0.1) is 13.8 Å². The highest BCUT2D eigenvalue weighted by molar-refractivity contribution is 7.08. The van der Waals surface area contributed by atoms with Crippen LogP contribution in [0.1, 0.15) is 42.5 Å². The van der Waals surface area contributed by atoms with Crippen LogP contribution in [-0.4, -0.2) is 21.6 Å². The van der Waals surface area contributed by atoms with Crippen molar-refractivity contribution in [2.75, 3.05) is 6.54 Å². The van der Waals surface area contributed by atoms with Crippen LogP contribution in [0.5, 0.6) is 0 Å². The average molecular weight is 291 g/mol. The molecule has 0 saturated carbocycles. The molecule has 0 amide bonds. The maximum atomic E-state index is 10.5. The molecule has 0 aliphatic carbocycles. The van der Waals surface area contributed by atoms with E-state index in [0.29, 0.717) is 6.54 Å². The summed E-state index contributed by atoms with van der Waals surface area (Å²) in [6.07, 6.45) is 1.86. The maximum absolute atomic E-state index is 10.5. The third-order valence-corrected chi connectivity index (χ3v) is 4.18. The molecule has 2 N–H and O–H groups in total. The molecule has 0 saturated heterocycles. The topological polar surface area (TPSA) is 58.0 Å². The maximum Gasteiger partial charge on any atom is 0.125 e. The van der Waals surface area contributed by atoms with Gasteiger partial charge in [-0.25, -0.2) is 9.97 Å². The third kappa shape index (κ3) is 3.42. The van der Waals surface area contributed by atoms with E-state index in [1.54, 1.807) is 11.3 Å². The lowest BCUT2D eigenvalue weighted by molar-refractivity contribution is 0.0547. The Labute approximate surface area is 123 Å². The van der Waals surface area contributed by atoms with Gasteiger partial charge in [0.2, 0.25) is 0 Å². The van der Waals surface area contributed by atoms with Crippen LogP contribution in [0.15, 0.2) is 23.0 Å². The Morgan fingerprint density at radius 2 is 2.20 bits per heavy atom. The van der Waals surface area contributed by atoms with E-state index in [9.17, 15) is 5.11 Å². The summed E-state index contributed by atoms with van der Waals surface area (Å²) in [6.45, 7) is 8.24. The lowest BCUT2D eigenvalue weighted by atomic mass is 9.98. The number of hydrogen-bond acceptors (Lipinski definition) is 5. The summed E-state index contributed by atoms with van der Waals surface area (Å²) in [5.41, 5.74) is 2.12. The van der Waals surface area contributed by atoms with Crippen molar-refractivity contribution < 1.29 is 5.11 Å². The molecular formula is C15H21N3OS. The zero-order chi connectivity index (χ0) is 14.8. The molecule has 2 unspecified atom stereocenters. The van der Waals surface area contributed by atoms with Crippen molar-refractivity contribution in [3.05, 3.63) is 45.7 Å². The van der Waals surface area contributed by atoms with Gasteiger partial charge in [0.15, 0.2) is 0 Å². The molecule has 2 aromatic rings. The first-order valence-corrected chi connectivity index (χ1v) is 7.63. The fourth-order valence-electron chi connectivity index (χ4n) is 2.15. The zero-order valence-corrected chi connectivity index (χ0v) is 13.2. The summed E-state index contributed by atoms with van der Waals surface area (Å²) in [5.74, 6) is 0.781. The number of aliphatic hydroxyl groups is 1. The Morgan fingerprint density at radius 3 is 2.80 bits per heavy atom. The van der Waals surface area contributed by atoms with Crippen LogP contribution < -0.4 is 5.32 Å². The van der Waals surface area contributed by atoms with Gasteiger partial charge in [-0.1, -0.05) is 0 Å². The van der Waals surface area contributed by atoms with Gasteiger partial charge in [0.05, 0.1) is 0 Å². The molecule has 20 heavy (non-hydrogen) atoms. The molecule has 2 heterocycles. The quantitative estimate of drug-likeness (QED) is 0.889. The highest BCUT2D eigenvalue weighted by Gasteiger charge is 2.24. The summed E-state index contributed by atoms with van der Waals surface area (Å²) in [4.78, 5) is 8.62. The third-order valence-electron chi connectivity index (χ3n) is 3.50. The zero-order valence-electron chi connectivity index (χ0n) is 12.3.